The fourth-order valence-electron chi connectivity index (χ4n) is 1.06. The first-order valence-corrected chi connectivity index (χ1v) is 4.33. The lowest BCUT2D eigenvalue weighted by molar-refractivity contribution is 0.300. The minimum absolute atomic E-state index is 0.368. The molecular formula is C10H10N2O. The number of rotatable bonds is 2. The van der Waals surface area contributed by atoms with Crippen LogP contribution in [0.25, 0.3) is 0 Å². The molecule has 0 aromatic carbocycles. The van der Waals surface area contributed by atoms with Crippen molar-refractivity contribution in [1.29, 1.82) is 5.26 Å². The van der Waals surface area contributed by atoms with Gasteiger partial charge >= 0.3 is 0 Å². The summed E-state index contributed by atoms with van der Waals surface area (Å²) in [5.74, 6) is 0.800. The number of nitrogens with zero attached hydrogens (tertiary/aromatic N) is 2. The molecule has 0 saturated heterocycles. The van der Waals surface area contributed by atoms with Gasteiger partial charge in [-0.3, -0.25) is 0 Å². The molecule has 13 heavy (non-hydrogen) atoms. The minimum Gasteiger partial charge on any atom is -0.490 e. The van der Waals surface area contributed by atoms with Gasteiger partial charge < -0.3 is 4.74 Å². The van der Waals surface area contributed by atoms with E-state index < -0.39 is 0 Å². The molecule has 2 rings (SSSR count). The van der Waals surface area contributed by atoms with Gasteiger partial charge in [-0.15, -0.1) is 0 Å². The van der Waals surface area contributed by atoms with E-state index in [1.807, 2.05) is 13.0 Å². The van der Waals surface area contributed by atoms with Gasteiger partial charge in [0.25, 0.3) is 0 Å². The maximum atomic E-state index is 8.63. The Hall–Kier alpha value is -1.56. The predicted octanol–water partition coefficient (Wildman–Crippen LogP) is 1.80. The van der Waals surface area contributed by atoms with E-state index >= 15 is 0 Å². The monoisotopic (exact) mass is 174 g/mol. The maximum Gasteiger partial charge on any atom is 0.144 e. The highest BCUT2D eigenvalue weighted by molar-refractivity contribution is 5.36. The minimum atomic E-state index is 0.368. The smallest absolute Gasteiger partial charge is 0.144 e. The van der Waals surface area contributed by atoms with E-state index in [0.717, 1.165) is 24.2 Å². The molecule has 0 unspecified atom stereocenters. The normalized spacial score (nSPS) is 15.1. The highest BCUT2D eigenvalue weighted by Gasteiger charge is 2.24. The topological polar surface area (TPSA) is 45.9 Å². The summed E-state index contributed by atoms with van der Waals surface area (Å²) >= 11 is 0. The molecule has 0 bridgehead atoms. The Bertz CT molecular complexity index is 364. The molecule has 0 aliphatic heterocycles. The molecule has 1 aliphatic rings. The Kier molecular flexibility index (Phi) is 1.90. The molecule has 1 aromatic heterocycles. The van der Waals surface area contributed by atoms with E-state index in [4.69, 9.17) is 10.00 Å². The SMILES string of the molecule is Cc1cnc(C#N)cc1OC1CC1. The molecule has 1 aliphatic carbocycles. The first kappa shape index (κ1) is 8.06. The van der Waals surface area contributed by atoms with E-state index in [1.54, 1.807) is 12.3 Å². The summed E-state index contributed by atoms with van der Waals surface area (Å²) in [5.41, 5.74) is 1.41. The second-order valence-corrected chi connectivity index (χ2v) is 3.26. The van der Waals surface area contributed by atoms with E-state index in [-0.39, 0.29) is 0 Å². The number of pyridine rings is 1. The lowest BCUT2D eigenvalue weighted by atomic mass is 10.2. The van der Waals surface area contributed by atoms with Crippen LogP contribution in [0.3, 0.4) is 0 Å². The van der Waals surface area contributed by atoms with Gasteiger partial charge in [-0.05, 0) is 19.8 Å². The molecule has 3 nitrogen and oxygen atoms in total. The zero-order valence-electron chi connectivity index (χ0n) is 7.45. The molecule has 0 radical (unpaired) electrons. The van der Waals surface area contributed by atoms with Crippen molar-refractivity contribution in [2.45, 2.75) is 25.9 Å². The number of ether oxygens (including phenoxy) is 1. The van der Waals surface area contributed by atoms with Gasteiger partial charge in [0.1, 0.15) is 17.5 Å². The van der Waals surface area contributed by atoms with Crippen molar-refractivity contribution in [3.8, 4) is 11.8 Å². The first-order valence-electron chi connectivity index (χ1n) is 4.33. The number of nitriles is 1. The molecule has 1 heterocycles. The molecular weight excluding hydrogens is 164 g/mol. The van der Waals surface area contributed by atoms with Crippen LogP contribution >= 0.6 is 0 Å². The zero-order valence-corrected chi connectivity index (χ0v) is 7.45. The van der Waals surface area contributed by atoms with Gasteiger partial charge in [-0.2, -0.15) is 5.26 Å². The van der Waals surface area contributed by atoms with Gasteiger partial charge in [-0.25, -0.2) is 4.98 Å². The van der Waals surface area contributed by atoms with Crippen molar-refractivity contribution in [1.82, 2.24) is 4.98 Å². The molecule has 0 atom stereocenters. The molecule has 1 fully saturated rings. The lowest BCUT2D eigenvalue weighted by Gasteiger charge is -2.06. The van der Waals surface area contributed by atoms with Crippen LogP contribution in [0.1, 0.15) is 24.1 Å². The fraction of sp³-hybridized carbons (Fsp3) is 0.400. The standard InChI is InChI=1S/C10H10N2O/c1-7-6-12-8(5-11)4-10(7)13-9-2-3-9/h4,6,9H,2-3H2,1H3. The van der Waals surface area contributed by atoms with Gasteiger partial charge in [0.2, 0.25) is 0 Å². The van der Waals surface area contributed by atoms with Gasteiger partial charge in [0.05, 0.1) is 6.10 Å². The number of aromatic nitrogens is 1. The predicted molar refractivity (Wildman–Crippen MR) is 47.3 cm³/mol. The number of aryl methyl sites for hydroxylation is 1. The van der Waals surface area contributed by atoms with Crippen molar-refractivity contribution < 1.29 is 4.74 Å². The number of hydrogen-bond donors (Lipinski definition) is 0. The van der Waals surface area contributed by atoms with Crippen LogP contribution in [0.4, 0.5) is 0 Å². The molecule has 3 heteroatoms. The Morgan fingerprint density at radius 3 is 3.00 bits per heavy atom. The Morgan fingerprint density at radius 2 is 2.38 bits per heavy atom. The highest BCUT2D eigenvalue weighted by Crippen LogP contribution is 2.28. The van der Waals surface area contributed by atoms with E-state index in [9.17, 15) is 0 Å². The average Bonchev–Trinajstić information content (AvgIpc) is 2.93. The van der Waals surface area contributed by atoms with Crippen LogP contribution in [0.2, 0.25) is 0 Å². The Morgan fingerprint density at radius 1 is 1.62 bits per heavy atom. The highest BCUT2D eigenvalue weighted by atomic mass is 16.5. The van der Waals surface area contributed by atoms with Crippen LogP contribution in [-0.4, -0.2) is 11.1 Å². The first-order chi connectivity index (χ1) is 6.29. The molecule has 0 amide bonds. The van der Waals surface area contributed by atoms with Gasteiger partial charge in [0, 0.05) is 17.8 Å². The summed E-state index contributed by atoms with van der Waals surface area (Å²) in [6.07, 6.45) is 4.30. The Labute approximate surface area is 77.0 Å². The molecule has 1 aromatic rings. The van der Waals surface area contributed by atoms with Crippen LogP contribution in [0, 0.1) is 18.3 Å². The number of hydrogen-bond acceptors (Lipinski definition) is 3. The quantitative estimate of drug-likeness (QED) is 0.686. The van der Waals surface area contributed by atoms with E-state index in [0.29, 0.717) is 11.8 Å². The summed E-state index contributed by atoms with van der Waals surface area (Å²) in [4.78, 5) is 3.94. The van der Waals surface area contributed by atoms with Crippen LogP contribution < -0.4 is 4.74 Å². The second kappa shape index (κ2) is 3.06. The summed E-state index contributed by atoms with van der Waals surface area (Å²) in [7, 11) is 0. The van der Waals surface area contributed by atoms with Crippen LogP contribution in [0.15, 0.2) is 12.3 Å². The van der Waals surface area contributed by atoms with Crippen molar-refractivity contribution in [2.75, 3.05) is 0 Å². The molecule has 0 N–H and O–H groups in total. The third kappa shape index (κ3) is 1.78. The summed E-state index contributed by atoms with van der Waals surface area (Å²) in [6.45, 7) is 1.94. The summed E-state index contributed by atoms with van der Waals surface area (Å²) < 4.78 is 5.61. The average molecular weight is 174 g/mol. The third-order valence-corrected chi connectivity index (χ3v) is 1.99. The van der Waals surface area contributed by atoms with Crippen molar-refractivity contribution in [3.05, 3.63) is 23.5 Å². The zero-order chi connectivity index (χ0) is 9.26. The lowest BCUT2D eigenvalue weighted by Crippen LogP contribution is -1.99. The maximum absolute atomic E-state index is 8.63. The summed E-state index contributed by atoms with van der Waals surface area (Å²) in [6, 6.07) is 3.70. The van der Waals surface area contributed by atoms with E-state index in [2.05, 4.69) is 4.98 Å². The van der Waals surface area contributed by atoms with Crippen molar-refractivity contribution in [2.24, 2.45) is 0 Å². The van der Waals surface area contributed by atoms with Gasteiger partial charge in [0.15, 0.2) is 0 Å². The second-order valence-electron chi connectivity index (χ2n) is 3.26. The third-order valence-electron chi connectivity index (χ3n) is 1.99. The van der Waals surface area contributed by atoms with E-state index in [1.165, 1.54) is 0 Å². The van der Waals surface area contributed by atoms with Crippen molar-refractivity contribution >= 4 is 0 Å². The Balaban J connectivity index is 2.25. The summed E-state index contributed by atoms with van der Waals surface area (Å²) in [5, 5.41) is 8.63. The van der Waals surface area contributed by atoms with Crippen molar-refractivity contribution in [3.63, 3.8) is 0 Å². The molecule has 66 valence electrons. The van der Waals surface area contributed by atoms with Crippen LogP contribution in [0.5, 0.6) is 5.75 Å². The molecule has 0 spiro atoms. The fourth-order valence-corrected chi connectivity index (χ4v) is 1.06. The molecule has 1 saturated carbocycles. The van der Waals surface area contributed by atoms with Crippen LogP contribution in [-0.2, 0) is 0 Å². The van der Waals surface area contributed by atoms with Gasteiger partial charge in [-0.1, -0.05) is 0 Å². The largest absolute Gasteiger partial charge is 0.490 e.